The van der Waals surface area contributed by atoms with E-state index in [9.17, 15) is 4.79 Å². The summed E-state index contributed by atoms with van der Waals surface area (Å²) in [7, 11) is 0. The van der Waals surface area contributed by atoms with Crippen LogP contribution in [0.3, 0.4) is 0 Å². The summed E-state index contributed by atoms with van der Waals surface area (Å²) in [5.74, 6) is 1.67. The predicted octanol–water partition coefficient (Wildman–Crippen LogP) is 4.41. The van der Waals surface area contributed by atoms with Gasteiger partial charge in [0, 0.05) is 30.6 Å². The minimum Gasteiger partial charge on any atom is -0.425 e. The van der Waals surface area contributed by atoms with Crippen LogP contribution in [0, 0.1) is 0 Å². The number of hydrogen-bond donors (Lipinski definition) is 1. The van der Waals surface area contributed by atoms with Crippen LogP contribution in [-0.2, 0) is 24.2 Å². The minimum absolute atomic E-state index is 0.0278. The molecular weight excluding hydrogens is 384 g/mol. The number of amides is 1. The molecule has 0 radical (unpaired) electrons. The van der Waals surface area contributed by atoms with Crippen LogP contribution in [0.5, 0.6) is 0 Å². The highest BCUT2D eigenvalue weighted by atomic mass is 32.1. The average Bonchev–Trinajstić information content (AvgIpc) is 3.42. The van der Waals surface area contributed by atoms with E-state index in [2.05, 4.69) is 32.6 Å². The lowest BCUT2D eigenvalue weighted by Crippen LogP contribution is -2.23. The Morgan fingerprint density at radius 3 is 2.79 bits per heavy atom. The second-order valence-corrected chi connectivity index (χ2v) is 8.48. The van der Waals surface area contributed by atoms with E-state index in [1.54, 1.807) is 11.3 Å². The Bertz CT molecular complexity index is 916. The van der Waals surface area contributed by atoms with Gasteiger partial charge in [0.25, 0.3) is 0 Å². The third-order valence-corrected chi connectivity index (χ3v) is 6.16. The van der Waals surface area contributed by atoms with E-state index in [0.29, 0.717) is 31.2 Å². The van der Waals surface area contributed by atoms with Gasteiger partial charge in [0.2, 0.25) is 17.7 Å². The van der Waals surface area contributed by atoms with Crippen molar-refractivity contribution in [2.75, 3.05) is 0 Å². The first-order valence-electron chi connectivity index (χ1n) is 10.3. The molecule has 4 rings (SSSR count). The number of aryl methyl sites for hydroxylation is 1. The summed E-state index contributed by atoms with van der Waals surface area (Å²) < 4.78 is 5.78. The Morgan fingerprint density at radius 2 is 1.97 bits per heavy atom. The number of benzene rings is 1. The predicted molar refractivity (Wildman–Crippen MR) is 112 cm³/mol. The molecule has 1 aliphatic carbocycles. The molecule has 1 saturated carbocycles. The highest BCUT2D eigenvalue weighted by Gasteiger charge is 2.21. The summed E-state index contributed by atoms with van der Waals surface area (Å²) in [5, 5.41) is 14.3. The number of thiazole rings is 1. The molecule has 0 aliphatic heterocycles. The molecule has 2 heterocycles. The van der Waals surface area contributed by atoms with Crippen LogP contribution in [0.4, 0.5) is 0 Å². The molecule has 0 saturated heterocycles. The highest BCUT2D eigenvalue weighted by molar-refractivity contribution is 7.09. The second-order valence-electron chi connectivity index (χ2n) is 7.54. The van der Waals surface area contributed by atoms with E-state index in [4.69, 9.17) is 4.42 Å². The molecule has 0 atom stereocenters. The maximum absolute atomic E-state index is 12.2. The van der Waals surface area contributed by atoms with Crippen LogP contribution >= 0.6 is 11.3 Å². The SMILES string of the molecule is O=C(CCc1nnc(C2CCCCC2)o1)NCc1csc(Cc2ccccc2)n1. The first-order chi connectivity index (χ1) is 14.3. The monoisotopic (exact) mass is 410 g/mol. The van der Waals surface area contributed by atoms with Crippen molar-refractivity contribution in [3.63, 3.8) is 0 Å². The molecule has 2 aromatic heterocycles. The number of nitrogens with zero attached hydrogens (tertiary/aromatic N) is 3. The largest absolute Gasteiger partial charge is 0.425 e. The van der Waals surface area contributed by atoms with Crippen molar-refractivity contribution in [2.45, 2.75) is 63.8 Å². The zero-order valence-electron chi connectivity index (χ0n) is 16.5. The zero-order valence-corrected chi connectivity index (χ0v) is 17.3. The molecule has 0 unspecified atom stereocenters. The molecule has 1 aromatic carbocycles. The van der Waals surface area contributed by atoms with Crippen molar-refractivity contribution in [2.24, 2.45) is 0 Å². The molecule has 3 aromatic rings. The van der Waals surface area contributed by atoms with Gasteiger partial charge in [-0.3, -0.25) is 4.79 Å². The minimum atomic E-state index is -0.0278. The lowest BCUT2D eigenvalue weighted by Gasteiger charge is -2.17. The topological polar surface area (TPSA) is 80.9 Å². The van der Waals surface area contributed by atoms with Crippen LogP contribution in [0.1, 0.15) is 72.5 Å². The number of aromatic nitrogens is 3. The Labute approximate surface area is 174 Å². The quantitative estimate of drug-likeness (QED) is 0.595. The van der Waals surface area contributed by atoms with Gasteiger partial charge in [-0.25, -0.2) is 4.98 Å². The molecule has 0 spiro atoms. The Balaban J connectivity index is 1.20. The molecule has 6 nitrogen and oxygen atoms in total. The standard InChI is InChI=1S/C22H26N4O2S/c27-19(11-12-20-25-26-22(28-20)17-9-5-2-6-10-17)23-14-18-15-29-21(24-18)13-16-7-3-1-4-8-16/h1,3-4,7-8,15,17H,2,5-6,9-14H2,(H,23,27). The van der Waals surface area contributed by atoms with Crippen LogP contribution in [0.15, 0.2) is 40.1 Å². The van der Waals surface area contributed by atoms with E-state index in [1.165, 1.54) is 24.8 Å². The number of rotatable bonds is 8. The lowest BCUT2D eigenvalue weighted by atomic mass is 9.89. The number of nitrogens with one attached hydrogen (secondary N) is 1. The Kier molecular flexibility index (Phi) is 6.67. The normalized spacial score (nSPS) is 14.8. The molecule has 152 valence electrons. The smallest absolute Gasteiger partial charge is 0.220 e. The van der Waals surface area contributed by atoms with Gasteiger partial charge in [-0.1, -0.05) is 49.6 Å². The van der Waals surface area contributed by atoms with Gasteiger partial charge in [-0.05, 0) is 18.4 Å². The van der Waals surface area contributed by atoms with Crippen molar-refractivity contribution in [1.82, 2.24) is 20.5 Å². The third-order valence-electron chi connectivity index (χ3n) is 5.27. The van der Waals surface area contributed by atoms with Crippen molar-refractivity contribution in [3.8, 4) is 0 Å². The van der Waals surface area contributed by atoms with E-state index >= 15 is 0 Å². The van der Waals surface area contributed by atoms with E-state index in [0.717, 1.165) is 35.9 Å². The maximum Gasteiger partial charge on any atom is 0.220 e. The first-order valence-corrected chi connectivity index (χ1v) is 11.2. The fourth-order valence-electron chi connectivity index (χ4n) is 3.66. The number of carbonyl (C=O) groups is 1. The van der Waals surface area contributed by atoms with Crippen molar-refractivity contribution >= 4 is 17.2 Å². The second kappa shape index (κ2) is 9.78. The summed E-state index contributed by atoms with van der Waals surface area (Å²) in [6.45, 7) is 0.446. The fourth-order valence-corrected chi connectivity index (χ4v) is 4.49. The molecule has 1 N–H and O–H groups in total. The van der Waals surface area contributed by atoms with Gasteiger partial charge in [0.05, 0.1) is 17.2 Å². The van der Waals surface area contributed by atoms with Gasteiger partial charge in [-0.15, -0.1) is 21.5 Å². The molecule has 1 amide bonds. The molecule has 7 heteroatoms. The van der Waals surface area contributed by atoms with Gasteiger partial charge >= 0.3 is 0 Å². The van der Waals surface area contributed by atoms with Gasteiger partial charge in [0.15, 0.2) is 0 Å². The van der Waals surface area contributed by atoms with Crippen LogP contribution in [0.25, 0.3) is 0 Å². The number of carbonyl (C=O) groups excluding carboxylic acids is 1. The molecule has 0 bridgehead atoms. The van der Waals surface area contributed by atoms with Crippen molar-refractivity contribution in [1.29, 1.82) is 0 Å². The third kappa shape index (κ3) is 5.73. The average molecular weight is 411 g/mol. The fraction of sp³-hybridized carbons (Fsp3) is 0.455. The van der Waals surface area contributed by atoms with E-state index < -0.39 is 0 Å². The molecule has 1 fully saturated rings. The van der Waals surface area contributed by atoms with E-state index in [1.807, 2.05) is 23.6 Å². The van der Waals surface area contributed by atoms with Gasteiger partial charge in [-0.2, -0.15) is 0 Å². The summed E-state index contributed by atoms with van der Waals surface area (Å²) >= 11 is 1.63. The summed E-state index contributed by atoms with van der Waals surface area (Å²) in [6, 6.07) is 10.3. The van der Waals surface area contributed by atoms with Gasteiger partial charge in [0.1, 0.15) is 0 Å². The Hall–Kier alpha value is -2.54. The summed E-state index contributed by atoms with van der Waals surface area (Å²) in [6.07, 6.45) is 7.65. The molecular formula is C22H26N4O2S. The first kappa shape index (κ1) is 19.8. The number of hydrogen-bond acceptors (Lipinski definition) is 6. The van der Waals surface area contributed by atoms with Crippen LogP contribution in [-0.4, -0.2) is 21.1 Å². The summed E-state index contributed by atoms with van der Waals surface area (Å²) in [4.78, 5) is 16.8. The Morgan fingerprint density at radius 1 is 1.14 bits per heavy atom. The lowest BCUT2D eigenvalue weighted by molar-refractivity contribution is -0.121. The van der Waals surface area contributed by atoms with Gasteiger partial charge < -0.3 is 9.73 Å². The van der Waals surface area contributed by atoms with Crippen molar-refractivity contribution < 1.29 is 9.21 Å². The molecule has 29 heavy (non-hydrogen) atoms. The van der Waals surface area contributed by atoms with E-state index in [-0.39, 0.29) is 5.91 Å². The maximum atomic E-state index is 12.2. The van der Waals surface area contributed by atoms with Crippen LogP contribution in [0.2, 0.25) is 0 Å². The van der Waals surface area contributed by atoms with Crippen molar-refractivity contribution in [3.05, 3.63) is 63.8 Å². The zero-order chi connectivity index (χ0) is 19.9. The summed E-state index contributed by atoms with van der Waals surface area (Å²) in [5.41, 5.74) is 2.14. The molecule has 1 aliphatic rings. The highest BCUT2D eigenvalue weighted by Crippen LogP contribution is 2.31. The van der Waals surface area contributed by atoms with Crippen LogP contribution < -0.4 is 5.32 Å².